The molecule has 18 heavy (non-hydrogen) atoms. The van der Waals surface area contributed by atoms with E-state index in [9.17, 15) is 9.59 Å². The number of likely N-dealkylation sites (N-methyl/N-ethyl adjacent to an activating group) is 1. The second-order valence-corrected chi connectivity index (χ2v) is 4.95. The molecule has 0 N–H and O–H groups in total. The summed E-state index contributed by atoms with van der Waals surface area (Å²) in [5, 5.41) is 0.357. The number of carbonyl (C=O) groups excluding carboxylic acids is 1. The molecule has 0 aliphatic carbocycles. The van der Waals surface area contributed by atoms with Gasteiger partial charge in [0.1, 0.15) is 11.6 Å². The summed E-state index contributed by atoms with van der Waals surface area (Å²) in [6.07, 6.45) is 3.37. The van der Waals surface area contributed by atoms with E-state index in [4.69, 9.17) is 23.2 Å². The molecule has 1 aromatic heterocycles. The quantitative estimate of drug-likeness (QED) is 0.836. The lowest BCUT2D eigenvalue weighted by Crippen LogP contribution is -2.34. The van der Waals surface area contributed by atoms with Crippen molar-refractivity contribution in [3.63, 3.8) is 0 Å². The van der Waals surface area contributed by atoms with Crippen molar-refractivity contribution in [2.24, 2.45) is 0 Å². The number of carbonyl (C=O) groups is 1. The molecular weight excluding hydrogens is 275 g/mol. The number of unbranched alkanes of at least 4 members (excludes halogenated alkanes) is 1. The third-order valence-corrected chi connectivity index (χ3v) is 3.06. The highest BCUT2D eigenvalue weighted by Crippen LogP contribution is 2.11. The highest BCUT2D eigenvalue weighted by Gasteiger charge is 2.11. The van der Waals surface area contributed by atoms with Crippen molar-refractivity contribution in [1.82, 2.24) is 9.47 Å². The van der Waals surface area contributed by atoms with E-state index in [0.29, 0.717) is 11.6 Å². The van der Waals surface area contributed by atoms with Crippen molar-refractivity contribution >= 4 is 29.1 Å². The predicted molar refractivity (Wildman–Crippen MR) is 73.3 cm³/mol. The van der Waals surface area contributed by atoms with Crippen molar-refractivity contribution in [3.8, 4) is 0 Å². The summed E-state index contributed by atoms with van der Waals surface area (Å²) in [6.45, 7) is 2.69. The number of hydrogen-bond acceptors (Lipinski definition) is 2. The average molecular weight is 291 g/mol. The van der Waals surface area contributed by atoms with Crippen LogP contribution in [0, 0.1) is 0 Å². The highest BCUT2D eigenvalue weighted by molar-refractivity contribution is 6.34. The molecule has 6 heteroatoms. The molecule has 0 fully saturated rings. The summed E-state index contributed by atoms with van der Waals surface area (Å²) in [5.41, 5.74) is -0.404. The molecule has 0 aliphatic heterocycles. The minimum Gasteiger partial charge on any atom is -0.344 e. The number of nitrogens with zero attached hydrogens (tertiary/aromatic N) is 2. The molecule has 0 unspecified atom stereocenters. The summed E-state index contributed by atoms with van der Waals surface area (Å²) >= 11 is 11.5. The molecule has 4 nitrogen and oxygen atoms in total. The van der Waals surface area contributed by atoms with Gasteiger partial charge in [0.05, 0.1) is 5.02 Å². The Hall–Kier alpha value is -1.00. The summed E-state index contributed by atoms with van der Waals surface area (Å²) in [4.78, 5) is 25.2. The first-order valence-electron chi connectivity index (χ1n) is 5.75. The molecule has 0 saturated heterocycles. The van der Waals surface area contributed by atoms with E-state index in [1.807, 2.05) is 0 Å². The summed E-state index contributed by atoms with van der Waals surface area (Å²) in [7, 11) is 1.72. The van der Waals surface area contributed by atoms with Crippen molar-refractivity contribution in [3.05, 3.63) is 32.7 Å². The highest BCUT2D eigenvalue weighted by atomic mass is 35.5. The zero-order valence-electron chi connectivity index (χ0n) is 10.4. The van der Waals surface area contributed by atoms with Crippen LogP contribution in [0.4, 0.5) is 0 Å². The second-order valence-electron chi connectivity index (χ2n) is 4.11. The van der Waals surface area contributed by atoms with Crippen LogP contribution in [0.2, 0.25) is 10.0 Å². The maximum Gasteiger partial charge on any atom is 0.269 e. The van der Waals surface area contributed by atoms with E-state index in [1.54, 1.807) is 11.9 Å². The number of halogens is 2. The van der Waals surface area contributed by atoms with Crippen LogP contribution in [0.15, 0.2) is 17.1 Å². The fourth-order valence-electron chi connectivity index (χ4n) is 1.47. The van der Waals surface area contributed by atoms with E-state index in [-0.39, 0.29) is 17.5 Å². The molecule has 0 spiro atoms. The zero-order valence-corrected chi connectivity index (χ0v) is 12.0. The normalized spacial score (nSPS) is 10.4. The Morgan fingerprint density at radius 2 is 2.11 bits per heavy atom. The van der Waals surface area contributed by atoms with Gasteiger partial charge in [0.25, 0.3) is 5.56 Å². The van der Waals surface area contributed by atoms with Crippen LogP contribution in [0.1, 0.15) is 19.8 Å². The maximum absolute atomic E-state index is 11.9. The van der Waals surface area contributed by atoms with Gasteiger partial charge in [-0.2, -0.15) is 0 Å². The van der Waals surface area contributed by atoms with Crippen LogP contribution in [0.25, 0.3) is 0 Å². The third-order valence-electron chi connectivity index (χ3n) is 2.59. The first-order valence-corrected chi connectivity index (χ1v) is 6.50. The molecule has 0 aliphatic rings. The van der Waals surface area contributed by atoms with Gasteiger partial charge in [0, 0.05) is 19.8 Å². The Bertz CT molecular complexity index is 485. The van der Waals surface area contributed by atoms with E-state index in [0.717, 1.165) is 12.8 Å². The van der Waals surface area contributed by atoms with Gasteiger partial charge in [-0.1, -0.05) is 36.5 Å². The standard InChI is InChI=1S/C12H16Cl2N2O2/c1-3-4-5-15(2)11(17)8-16-7-9(13)6-10(14)12(16)18/h6-7H,3-5,8H2,1-2H3. The Labute approximate surface area is 116 Å². The summed E-state index contributed by atoms with van der Waals surface area (Å²) in [5.74, 6) is -0.135. The van der Waals surface area contributed by atoms with Gasteiger partial charge < -0.3 is 9.47 Å². The monoisotopic (exact) mass is 290 g/mol. The minimum absolute atomic E-state index is 0.0199. The van der Waals surface area contributed by atoms with Gasteiger partial charge in [-0.05, 0) is 12.5 Å². The Kier molecular flexibility index (Phi) is 5.69. The Balaban J connectivity index is 2.79. The molecule has 0 radical (unpaired) electrons. The van der Waals surface area contributed by atoms with Gasteiger partial charge in [-0.15, -0.1) is 0 Å². The molecule has 1 aromatic rings. The zero-order chi connectivity index (χ0) is 13.7. The molecule has 0 saturated carbocycles. The van der Waals surface area contributed by atoms with E-state index < -0.39 is 5.56 Å². The first kappa shape index (κ1) is 15.1. The van der Waals surface area contributed by atoms with E-state index in [2.05, 4.69) is 6.92 Å². The topological polar surface area (TPSA) is 42.3 Å². The number of amides is 1. The van der Waals surface area contributed by atoms with Crippen LogP contribution in [0.3, 0.4) is 0 Å². The first-order chi connectivity index (χ1) is 8.45. The minimum atomic E-state index is -0.404. The summed E-state index contributed by atoms with van der Waals surface area (Å²) < 4.78 is 1.23. The number of rotatable bonds is 5. The maximum atomic E-state index is 11.9. The third kappa shape index (κ3) is 4.03. The molecular formula is C12H16Cl2N2O2. The average Bonchev–Trinajstić information content (AvgIpc) is 2.32. The lowest BCUT2D eigenvalue weighted by molar-refractivity contribution is -0.130. The second kappa shape index (κ2) is 6.81. The fraction of sp³-hybridized carbons (Fsp3) is 0.500. The SMILES string of the molecule is CCCCN(C)C(=O)Cn1cc(Cl)cc(Cl)c1=O. The van der Waals surface area contributed by atoms with Crippen molar-refractivity contribution < 1.29 is 4.79 Å². The van der Waals surface area contributed by atoms with Gasteiger partial charge in [0.15, 0.2) is 0 Å². The molecule has 0 atom stereocenters. The smallest absolute Gasteiger partial charge is 0.269 e. The molecule has 1 rings (SSSR count). The van der Waals surface area contributed by atoms with E-state index in [1.165, 1.54) is 16.8 Å². The molecule has 1 heterocycles. The predicted octanol–water partition coefficient (Wildman–Crippen LogP) is 2.41. The van der Waals surface area contributed by atoms with Crippen LogP contribution in [0.5, 0.6) is 0 Å². The Morgan fingerprint density at radius 3 is 2.72 bits per heavy atom. The number of aromatic nitrogens is 1. The van der Waals surface area contributed by atoms with Crippen molar-refractivity contribution in [1.29, 1.82) is 0 Å². The van der Waals surface area contributed by atoms with Gasteiger partial charge in [-0.3, -0.25) is 9.59 Å². The van der Waals surface area contributed by atoms with Gasteiger partial charge in [-0.25, -0.2) is 0 Å². The lowest BCUT2D eigenvalue weighted by atomic mass is 10.3. The van der Waals surface area contributed by atoms with Crippen LogP contribution in [-0.2, 0) is 11.3 Å². The fourth-order valence-corrected chi connectivity index (χ4v) is 1.98. The number of pyridine rings is 1. The Morgan fingerprint density at radius 1 is 1.44 bits per heavy atom. The lowest BCUT2D eigenvalue weighted by Gasteiger charge is -2.17. The summed E-state index contributed by atoms with van der Waals surface area (Å²) in [6, 6.07) is 1.37. The molecule has 1 amide bonds. The number of hydrogen-bond donors (Lipinski definition) is 0. The largest absolute Gasteiger partial charge is 0.344 e. The molecule has 100 valence electrons. The van der Waals surface area contributed by atoms with Crippen molar-refractivity contribution in [2.75, 3.05) is 13.6 Å². The van der Waals surface area contributed by atoms with Crippen LogP contribution < -0.4 is 5.56 Å². The van der Waals surface area contributed by atoms with E-state index >= 15 is 0 Å². The van der Waals surface area contributed by atoms with Crippen molar-refractivity contribution in [2.45, 2.75) is 26.3 Å². The van der Waals surface area contributed by atoms with Gasteiger partial charge in [0.2, 0.25) is 5.91 Å². The molecule has 0 bridgehead atoms. The molecule has 0 aromatic carbocycles. The van der Waals surface area contributed by atoms with Crippen LogP contribution in [-0.4, -0.2) is 29.0 Å². The van der Waals surface area contributed by atoms with Gasteiger partial charge >= 0.3 is 0 Å². The van der Waals surface area contributed by atoms with Crippen LogP contribution >= 0.6 is 23.2 Å².